The number of hydrogen-bond donors (Lipinski definition) is 0. The topological polar surface area (TPSA) is 50.3 Å². The molecule has 25 heavy (non-hydrogen) atoms. The van der Waals surface area contributed by atoms with Gasteiger partial charge in [0.1, 0.15) is 11.6 Å². The van der Waals surface area contributed by atoms with Gasteiger partial charge in [-0.3, -0.25) is 9.80 Å². The van der Waals surface area contributed by atoms with E-state index in [2.05, 4.69) is 38.5 Å². The molecule has 0 bridgehead atoms. The summed E-state index contributed by atoms with van der Waals surface area (Å²) in [6.07, 6.45) is 9.06. The molecule has 6 nitrogen and oxygen atoms in total. The number of imidazole rings is 1. The van der Waals surface area contributed by atoms with E-state index < -0.39 is 0 Å². The van der Waals surface area contributed by atoms with Crippen LogP contribution in [0.5, 0.6) is 0 Å². The van der Waals surface area contributed by atoms with Gasteiger partial charge < -0.3 is 9.09 Å². The van der Waals surface area contributed by atoms with Gasteiger partial charge in [0.25, 0.3) is 0 Å². The average Bonchev–Trinajstić information content (AvgIpc) is 3.27. The highest BCUT2D eigenvalue weighted by Crippen LogP contribution is 2.40. The van der Waals surface area contributed by atoms with Crippen molar-refractivity contribution in [2.24, 2.45) is 7.05 Å². The lowest BCUT2D eigenvalue weighted by Gasteiger charge is -2.45. The van der Waals surface area contributed by atoms with Crippen LogP contribution in [0, 0.1) is 13.8 Å². The molecule has 0 N–H and O–H groups in total. The van der Waals surface area contributed by atoms with E-state index in [-0.39, 0.29) is 0 Å². The summed E-state index contributed by atoms with van der Waals surface area (Å²) in [5.41, 5.74) is 2.71. The Bertz CT molecular complexity index is 707. The smallest absolute Gasteiger partial charge is 0.138 e. The Hall–Kier alpha value is -1.66. The molecule has 136 valence electrons. The summed E-state index contributed by atoms with van der Waals surface area (Å²) < 4.78 is 7.50. The third-order valence-corrected chi connectivity index (χ3v) is 6.34. The van der Waals surface area contributed by atoms with Crippen molar-refractivity contribution in [1.29, 1.82) is 0 Å². The van der Waals surface area contributed by atoms with Gasteiger partial charge in [-0.1, -0.05) is 5.16 Å². The van der Waals surface area contributed by atoms with Gasteiger partial charge in [0.05, 0.1) is 12.2 Å². The zero-order valence-electron chi connectivity index (χ0n) is 15.7. The monoisotopic (exact) mass is 343 g/mol. The van der Waals surface area contributed by atoms with Gasteiger partial charge in [0.15, 0.2) is 0 Å². The van der Waals surface area contributed by atoms with Gasteiger partial charge in [-0.25, -0.2) is 4.98 Å². The standard InChI is InChI=1S/C19H29N5O/c1-15-17(16(2)25-21-15)13-24-9-4-5-19(24)6-10-23(11-7-19)14-18-20-8-12-22(18)3/h8,12H,4-7,9-11,13-14H2,1-3H3. The van der Waals surface area contributed by atoms with E-state index >= 15 is 0 Å². The highest BCUT2D eigenvalue weighted by atomic mass is 16.5. The number of piperidine rings is 1. The van der Waals surface area contributed by atoms with Crippen LogP contribution in [-0.2, 0) is 20.1 Å². The summed E-state index contributed by atoms with van der Waals surface area (Å²) in [6, 6.07) is 0. The Morgan fingerprint density at radius 1 is 1.12 bits per heavy atom. The first-order chi connectivity index (χ1) is 12.1. The number of nitrogens with zero attached hydrogens (tertiary/aromatic N) is 5. The van der Waals surface area contributed by atoms with Crippen LogP contribution in [0.25, 0.3) is 0 Å². The first-order valence-electron chi connectivity index (χ1n) is 9.43. The summed E-state index contributed by atoms with van der Waals surface area (Å²) in [4.78, 5) is 9.74. The largest absolute Gasteiger partial charge is 0.361 e. The van der Waals surface area contributed by atoms with Crippen LogP contribution in [0.15, 0.2) is 16.9 Å². The molecule has 0 amide bonds. The van der Waals surface area contributed by atoms with E-state index in [1.54, 1.807) is 0 Å². The minimum Gasteiger partial charge on any atom is -0.361 e. The first-order valence-corrected chi connectivity index (χ1v) is 9.43. The average molecular weight is 343 g/mol. The molecule has 6 heteroatoms. The molecule has 2 aromatic heterocycles. The third kappa shape index (κ3) is 3.13. The molecule has 0 atom stereocenters. The molecule has 0 unspecified atom stereocenters. The molecule has 0 aromatic carbocycles. The highest BCUT2D eigenvalue weighted by molar-refractivity contribution is 5.21. The van der Waals surface area contributed by atoms with Crippen molar-refractivity contribution >= 4 is 0 Å². The van der Waals surface area contributed by atoms with Crippen molar-refractivity contribution < 1.29 is 4.52 Å². The summed E-state index contributed by atoms with van der Waals surface area (Å²) in [5.74, 6) is 2.14. The molecule has 1 spiro atoms. The molecule has 2 fully saturated rings. The maximum Gasteiger partial charge on any atom is 0.138 e. The zero-order chi connectivity index (χ0) is 17.4. The summed E-state index contributed by atoms with van der Waals surface area (Å²) in [7, 11) is 2.08. The molecule has 2 aliphatic heterocycles. The number of hydrogen-bond acceptors (Lipinski definition) is 5. The number of aryl methyl sites for hydroxylation is 3. The van der Waals surface area contributed by atoms with Crippen LogP contribution in [0.2, 0.25) is 0 Å². The summed E-state index contributed by atoms with van der Waals surface area (Å²) >= 11 is 0. The maximum absolute atomic E-state index is 5.37. The van der Waals surface area contributed by atoms with Crippen LogP contribution >= 0.6 is 0 Å². The Morgan fingerprint density at radius 2 is 1.92 bits per heavy atom. The molecule has 2 saturated heterocycles. The minimum absolute atomic E-state index is 0.369. The van der Waals surface area contributed by atoms with Crippen LogP contribution in [0.4, 0.5) is 0 Å². The lowest BCUT2D eigenvalue weighted by atomic mass is 9.84. The Balaban J connectivity index is 1.41. The van der Waals surface area contributed by atoms with E-state index in [1.807, 2.05) is 19.3 Å². The van der Waals surface area contributed by atoms with Gasteiger partial charge in [-0.2, -0.15) is 0 Å². The van der Waals surface area contributed by atoms with Crippen molar-refractivity contribution in [3.63, 3.8) is 0 Å². The van der Waals surface area contributed by atoms with Crippen LogP contribution in [0.1, 0.15) is 48.5 Å². The van der Waals surface area contributed by atoms with E-state index in [0.717, 1.165) is 43.5 Å². The van der Waals surface area contributed by atoms with Gasteiger partial charge in [-0.15, -0.1) is 0 Å². The van der Waals surface area contributed by atoms with E-state index in [9.17, 15) is 0 Å². The quantitative estimate of drug-likeness (QED) is 0.854. The molecule has 0 saturated carbocycles. The van der Waals surface area contributed by atoms with Crippen molar-refractivity contribution in [2.75, 3.05) is 19.6 Å². The molecule has 2 aromatic rings. The Labute approximate surface area is 149 Å². The van der Waals surface area contributed by atoms with Crippen molar-refractivity contribution in [3.05, 3.63) is 35.2 Å². The van der Waals surface area contributed by atoms with Crippen molar-refractivity contribution in [2.45, 2.75) is 58.2 Å². The molecule has 0 radical (unpaired) electrons. The predicted octanol–water partition coefficient (Wildman–Crippen LogP) is 2.66. The Kier molecular flexibility index (Phi) is 4.41. The van der Waals surface area contributed by atoms with Crippen LogP contribution < -0.4 is 0 Å². The lowest BCUT2D eigenvalue weighted by Crippen LogP contribution is -2.51. The van der Waals surface area contributed by atoms with Gasteiger partial charge in [-0.05, 0) is 46.1 Å². The SMILES string of the molecule is Cc1noc(C)c1CN1CCCC12CCN(Cc1nccn1C)CC2. The fraction of sp³-hybridized carbons (Fsp3) is 0.684. The molecular formula is C19H29N5O. The fourth-order valence-corrected chi connectivity index (χ4v) is 4.60. The molecule has 0 aliphatic carbocycles. The molecule has 2 aliphatic rings. The van der Waals surface area contributed by atoms with Crippen molar-refractivity contribution in [1.82, 2.24) is 24.5 Å². The van der Waals surface area contributed by atoms with Gasteiger partial charge in [0.2, 0.25) is 0 Å². The van der Waals surface area contributed by atoms with Crippen LogP contribution in [-0.4, -0.2) is 49.7 Å². The van der Waals surface area contributed by atoms with E-state index in [0.29, 0.717) is 5.54 Å². The van der Waals surface area contributed by atoms with Crippen molar-refractivity contribution in [3.8, 4) is 0 Å². The maximum atomic E-state index is 5.37. The second-order valence-corrected chi connectivity index (χ2v) is 7.78. The van der Waals surface area contributed by atoms with Gasteiger partial charge >= 0.3 is 0 Å². The fourth-order valence-electron chi connectivity index (χ4n) is 4.60. The first kappa shape index (κ1) is 16.8. The second kappa shape index (κ2) is 6.57. The molecule has 4 rings (SSSR count). The highest BCUT2D eigenvalue weighted by Gasteiger charge is 2.43. The normalized spacial score (nSPS) is 21.4. The molecule has 4 heterocycles. The lowest BCUT2D eigenvalue weighted by molar-refractivity contribution is 0.0435. The third-order valence-electron chi connectivity index (χ3n) is 6.34. The van der Waals surface area contributed by atoms with Gasteiger partial charge in [0, 0.05) is 50.2 Å². The van der Waals surface area contributed by atoms with Crippen LogP contribution in [0.3, 0.4) is 0 Å². The number of likely N-dealkylation sites (tertiary alicyclic amines) is 2. The van der Waals surface area contributed by atoms with E-state index in [1.165, 1.54) is 37.8 Å². The second-order valence-electron chi connectivity index (χ2n) is 7.78. The van der Waals surface area contributed by atoms with E-state index in [4.69, 9.17) is 4.52 Å². The minimum atomic E-state index is 0.369. The zero-order valence-corrected chi connectivity index (χ0v) is 15.7. The predicted molar refractivity (Wildman–Crippen MR) is 96.1 cm³/mol. The number of aromatic nitrogens is 3. The summed E-state index contributed by atoms with van der Waals surface area (Å²) in [5, 5.41) is 4.13. The summed E-state index contributed by atoms with van der Waals surface area (Å²) in [6.45, 7) is 9.56. The molecular weight excluding hydrogens is 314 g/mol. The Morgan fingerprint density at radius 3 is 2.56 bits per heavy atom. The number of rotatable bonds is 4.